The fraction of sp³-hybridized carbons (Fsp3) is 0.571. The van der Waals surface area contributed by atoms with Gasteiger partial charge in [-0.2, -0.15) is 4.98 Å². The summed E-state index contributed by atoms with van der Waals surface area (Å²) in [4.78, 5) is 34.7. The second-order valence-electron chi connectivity index (χ2n) is 5.86. The van der Waals surface area contributed by atoms with E-state index in [1.165, 1.54) is 6.33 Å². The van der Waals surface area contributed by atoms with Gasteiger partial charge in [0.15, 0.2) is 11.2 Å². The van der Waals surface area contributed by atoms with E-state index in [1.807, 2.05) is 0 Å². The maximum Gasteiger partial charge on any atom is 0.280 e. The highest BCUT2D eigenvalue weighted by molar-refractivity contribution is 5.91. The first-order valence-corrected chi connectivity index (χ1v) is 7.53. The second-order valence-corrected chi connectivity index (χ2v) is 5.86. The van der Waals surface area contributed by atoms with Gasteiger partial charge in [-0.05, 0) is 12.8 Å². The van der Waals surface area contributed by atoms with Gasteiger partial charge in [0.2, 0.25) is 11.9 Å². The average molecular weight is 321 g/mol. The van der Waals surface area contributed by atoms with Gasteiger partial charge < -0.3 is 9.84 Å². The van der Waals surface area contributed by atoms with Crippen molar-refractivity contribution in [2.75, 3.05) is 11.9 Å². The van der Waals surface area contributed by atoms with Gasteiger partial charge in [-0.1, -0.05) is 13.8 Å². The van der Waals surface area contributed by atoms with E-state index in [-0.39, 0.29) is 42.2 Å². The zero-order valence-corrected chi connectivity index (χ0v) is 12.9. The van der Waals surface area contributed by atoms with Gasteiger partial charge in [0.25, 0.3) is 5.56 Å². The van der Waals surface area contributed by atoms with Gasteiger partial charge in [0.05, 0.1) is 19.0 Å². The van der Waals surface area contributed by atoms with Gasteiger partial charge in [-0.15, -0.1) is 0 Å². The number of aromatic amines is 1. The Bertz CT molecular complexity index is 781. The summed E-state index contributed by atoms with van der Waals surface area (Å²) in [7, 11) is 0. The second kappa shape index (κ2) is 6.09. The third kappa shape index (κ3) is 2.97. The van der Waals surface area contributed by atoms with E-state index < -0.39 is 5.56 Å². The van der Waals surface area contributed by atoms with Crippen molar-refractivity contribution in [1.29, 1.82) is 0 Å². The molecule has 1 amide bonds. The molecule has 0 saturated carbocycles. The minimum atomic E-state index is -0.426. The Hall–Kier alpha value is -2.26. The lowest BCUT2D eigenvalue weighted by atomic mass is 10.2. The highest BCUT2D eigenvalue weighted by atomic mass is 16.5. The average Bonchev–Trinajstić information content (AvgIpc) is 3.12. The normalized spacial score (nSPS) is 21.2. The lowest BCUT2D eigenvalue weighted by molar-refractivity contribution is -0.118. The van der Waals surface area contributed by atoms with Crippen LogP contribution in [-0.4, -0.2) is 43.2 Å². The molecule has 0 aliphatic carbocycles. The maximum atomic E-state index is 12.1. The molecule has 0 bridgehead atoms. The van der Waals surface area contributed by atoms with Crippen LogP contribution < -0.4 is 10.9 Å². The van der Waals surface area contributed by atoms with Gasteiger partial charge >= 0.3 is 0 Å². The Balaban J connectivity index is 1.96. The number of hydrogen-bond acceptors (Lipinski definition) is 6. The molecule has 9 nitrogen and oxygen atoms in total. The molecule has 3 heterocycles. The van der Waals surface area contributed by atoms with Gasteiger partial charge in [0.1, 0.15) is 6.23 Å². The number of aromatic nitrogens is 4. The fourth-order valence-electron chi connectivity index (χ4n) is 2.48. The van der Waals surface area contributed by atoms with E-state index in [1.54, 1.807) is 18.4 Å². The van der Waals surface area contributed by atoms with Gasteiger partial charge in [-0.3, -0.25) is 24.5 Å². The molecule has 9 heteroatoms. The van der Waals surface area contributed by atoms with Crippen LogP contribution >= 0.6 is 0 Å². The minimum Gasteiger partial charge on any atom is -0.394 e. The first kappa shape index (κ1) is 15.6. The lowest BCUT2D eigenvalue weighted by Gasteiger charge is -2.14. The predicted octanol–water partition coefficient (Wildman–Crippen LogP) is 0.384. The molecule has 3 rings (SSSR count). The number of H-pyrrole nitrogens is 1. The number of fused-ring (bicyclic) bond motifs is 1. The maximum absolute atomic E-state index is 12.1. The van der Waals surface area contributed by atoms with E-state index in [0.717, 1.165) is 6.42 Å². The van der Waals surface area contributed by atoms with Crippen molar-refractivity contribution < 1.29 is 14.6 Å². The minimum absolute atomic E-state index is 0.0488. The number of anilines is 1. The molecule has 0 spiro atoms. The number of nitrogens with zero attached hydrogens (tertiary/aromatic N) is 3. The molecule has 0 aromatic carbocycles. The number of aliphatic hydroxyl groups excluding tert-OH is 1. The van der Waals surface area contributed by atoms with E-state index >= 15 is 0 Å². The molecule has 1 fully saturated rings. The predicted molar refractivity (Wildman–Crippen MR) is 81.8 cm³/mol. The number of ether oxygens (including phenoxy) is 1. The Kier molecular flexibility index (Phi) is 4.14. The van der Waals surface area contributed by atoms with Crippen molar-refractivity contribution >= 4 is 23.0 Å². The van der Waals surface area contributed by atoms with E-state index in [4.69, 9.17) is 9.84 Å². The summed E-state index contributed by atoms with van der Waals surface area (Å²) in [6, 6.07) is 0. The largest absolute Gasteiger partial charge is 0.394 e. The van der Waals surface area contributed by atoms with Crippen molar-refractivity contribution in [3.05, 3.63) is 16.7 Å². The van der Waals surface area contributed by atoms with E-state index in [0.29, 0.717) is 12.1 Å². The molecule has 2 aromatic rings. The first-order chi connectivity index (χ1) is 11.0. The molecule has 3 N–H and O–H groups in total. The number of aliphatic hydroxyl groups is 1. The summed E-state index contributed by atoms with van der Waals surface area (Å²) < 4.78 is 7.35. The standard InChI is InChI=1S/C14H19N5O4/c1-7(2)12(21)17-14-16-11-10(13(22)18-14)15-6-19(11)9-4-3-8(5-20)23-9/h6-9,20H,3-5H2,1-2H3,(H2,16,17,18,21,22)/t8?,9-/m1/s1. The van der Waals surface area contributed by atoms with E-state index in [9.17, 15) is 9.59 Å². The number of carbonyl (C=O) groups excluding carboxylic acids is 1. The van der Waals surface area contributed by atoms with Crippen LogP contribution in [0.25, 0.3) is 11.2 Å². The molecule has 1 aliphatic rings. The molecule has 2 atom stereocenters. The van der Waals surface area contributed by atoms with Crippen LogP contribution in [0.15, 0.2) is 11.1 Å². The molecule has 124 valence electrons. The summed E-state index contributed by atoms with van der Waals surface area (Å²) in [6.07, 6.45) is 2.35. The van der Waals surface area contributed by atoms with Gasteiger partial charge in [0, 0.05) is 5.92 Å². The number of imidazole rings is 1. The molecular formula is C14H19N5O4. The molecule has 1 saturated heterocycles. The van der Waals surface area contributed by atoms with Crippen LogP contribution in [0.2, 0.25) is 0 Å². The lowest BCUT2D eigenvalue weighted by Crippen LogP contribution is -2.22. The SMILES string of the molecule is CC(C)C(=O)Nc1nc2c(ncn2[C@H]2CCC(CO)O2)c(=O)[nH]1. The van der Waals surface area contributed by atoms with Crippen LogP contribution in [-0.2, 0) is 9.53 Å². The number of amides is 1. The summed E-state index contributed by atoms with van der Waals surface area (Å²) in [5.74, 6) is -0.389. The van der Waals surface area contributed by atoms with Crippen molar-refractivity contribution in [2.45, 2.75) is 39.0 Å². The third-order valence-electron chi connectivity index (χ3n) is 3.80. The number of rotatable bonds is 4. The zero-order chi connectivity index (χ0) is 16.6. The van der Waals surface area contributed by atoms with Crippen molar-refractivity contribution in [1.82, 2.24) is 19.5 Å². The van der Waals surface area contributed by atoms with Crippen molar-refractivity contribution in [2.24, 2.45) is 5.92 Å². The van der Waals surface area contributed by atoms with Crippen LogP contribution in [0.3, 0.4) is 0 Å². The van der Waals surface area contributed by atoms with Crippen LogP contribution in [0.4, 0.5) is 5.95 Å². The highest BCUT2D eigenvalue weighted by Gasteiger charge is 2.28. The molecular weight excluding hydrogens is 302 g/mol. The topological polar surface area (TPSA) is 122 Å². The van der Waals surface area contributed by atoms with E-state index in [2.05, 4.69) is 20.3 Å². The Morgan fingerprint density at radius 1 is 1.57 bits per heavy atom. The summed E-state index contributed by atoms with van der Waals surface area (Å²) in [6.45, 7) is 3.45. The fourth-order valence-corrected chi connectivity index (χ4v) is 2.48. The van der Waals surface area contributed by atoms with Gasteiger partial charge in [-0.25, -0.2) is 4.98 Å². The van der Waals surface area contributed by atoms with Crippen molar-refractivity contribution in [3.63, 3.8) is 0 Å². The Morgan fingerprint density at radius 3 is 3.00 bits per heavy atom. The third-order valence-corrected chi connectivity index (χ3v) is 3.80. The first-order valence-electron chi connectivity index (χ1n) is 7.53. The van der Waals surface area contributed by atoms with Crippen LogP contribution in [0.5, 0.6) is 0 Å². The molecule has 2 aromatic heterocycles. The summed E-state index contributed by atoms with van der Waals surface area (Å²) >= 11 is 0. The molecule has 23 heavy (non-hydrogen) atoms. The monoisotopic (exact) mass is 321 g/mol. The smallest absolute Gasteiger partial charge is 0.280 e. The Labute approximate surface area is 131 Å². The number of nitrogens with one attached hydrogen (secondary N) is 2. The van der Waals surface area contributed by atoms with Crippen LogP contribution in [0.1, 0.15) is 32.9 Å². The Morgan fingerprint density at radius 2 is 2.35 bits per heavy atom. The van der Waals surface area contributed by atoms with Crippen LogP contribution in [0, 0.1) is 5.92 Å². The van der Waals surface area contributed by atoms with Crippen molar-refractivity contribution in [3.8, 4) is 0 Å². The quantitative estimate of drug-likeness (QED) is 0.748. The molecule has 0 radical (unpaired) electrons. The molecule has 1 aliphatic heterocycles. The zero-order valence-electron chi connectivity index (χ0n) is 12.9. The molecule has 1 unspecified atom stereocenters. The number of carbonyl (C=O) groups is 1. The highest BCUT2D eigenvalue weighted by Crippen LogP contribution is 2.29. The number of hydrogen-bond donors (Lipinski definition) is 3. The summed E-state index contributed by atoms with van der Waals surface area (Å²) in [5, 5.41) is 11.7. The summed E-state index contributed by atoms with van der Waals surface area (Å²) in [5.41, 5.74) is 0.101.